The molecule has 2 heterocycles. The molecule has 0 spiro atoms. The van der Waals surface area contributed by atoms with Crippen molar-refractivity contribution < 1.29 is 4.79 Å². The summed E-state index contributed by atoms with van der Waals surface area (Å²) in [6.45, 7) is 1.83. The molecular weight excluding hydrogens is 186 g/mol. The van der Waals surface area contributed by atoms with E-state index in [0.717, 1.165) is 5.69 Å². The number of amides is 1. The molecule has 14 heavy (non-hydrogen) atoms. The van der Waals surface area contributed by atoms with Crippen molar-refractivity contribution in [2.75, 3.05) is 5.32 Å². The van der Waals surface area contributed by atoms with Gasteiger partial charge in [0.15, 0.2) is 5.82 Å². The van der Waals surface area contributed by atoms with Gasteiger partial charge in [0.1, 0.15) is 0 Å². The summed E-state index contributed by atoms with van der Waals surface area (Å²) < 4.78 is 0. The summed E-state index contributed by atoms with van der Waals surface area (Å²) in [5.41, 5.74) is 0.855. The highest BCUT2D eigenvalue weighted by Gasteiger charge is 2.11. The van der Waals surface area contributed by atoms with Crippen LogP contribution in [0, 0.1) is 6.92 Å². The van der Waals surface area contributed by atoms with Gasteiger partial charge in [-0.2, -0.15) is 10.3 Å². The van der Waals surface area contributed by atoms with Crippen LogP contribution in [0.1, 0.15) is 16.3 Å². The van der Waals surface area contributed by atoms with Gasteiger partial charge in [0.05, 0.1) is 0 Å². The number of nitrogens with one attached hydrogen (secondary N) is 3. The van der Waals surface area contributed by atoms with E-state index < -0.39 is 5.91 Å². The monoisotopic (exact) mass is 193 g/mol. The Balaban J connectivity index is 2.09. The number of carbonyl (C=O) groups is 1. The average molecular weight is 193 g/mol. The lowest BCUT2D eigenvalue weighted by atomic mass is 10.4. The number of hydrogen-bond donors (Lipinski definition) is 3. The second-order valence-electron chi connectivity index (χ2n) is 2.63. The van der Waals surface area contributed by atoms with Crippen molar-refractivity contribution in [3.05, 3.63) is 17.6 Å². The van der Waals surface area contributed by atoms with Crippen LogP contribution in [-0.4, -0.2) is 36.7 Å². The number of aryl methyl sites for hydroxylation is 1. The van der Waals surface area contributed by atoms with E-state index in [4.69, 9.17) is 0 Å². The Morgan fingerprint density at radius 3 is 2.93 bits per heavy atom. The van der Waals surface area contributed by atoms with Gasteiger partial charge in [-0.05, 0) is 12.1 Å². The molecule has 0 aromatic carbocycles. The molecule has 3 N–H and O–H groups in total. The van der Waals surface area contributed by atoms with Crippen LogP contribution in [0.5, 0.6) is 0 Å². The molecule has 0 atom stereocenters. The van der Waals surface area contributed by atoms with Gasteiger partial charge in [-0.15, -0.1) is 10.2 Å². The maximum atomic E-state index is 11.3. The minimum atomic E-state index is -0.453. The number of rotatable bonds is 2. The number of hydrogen-bond acceptors (Lipinski definition) is 5. The quantitative estimate of drug-likeness (QED) is 0.594. The van der Waals surface area contributed by atoms with E-state index in [9.17, 15) is 4.79 Å². The highest BCUT2D eigenvalue weighted by molar-refractivity contribution is 6.00. The maximum absolute atomic E-state index is 11.3. The fourth-order valence-electron chi connectivity index (χ4n) is 0.912. The molecule has 0 saturated heterocycles. The highest BCUT2D eigenvalue weighted by atomic mass is 16.2. The summed E-state index contributed by atoms with van der Waals surface area (Å²) in [4.78, 5) is 11.3. The van der Waals surface area contributed by atoms with Crippen LogP contribution in [0.15, 0.2) is 6.07 Å². The van der Waals surface area contributed by atoms with Crippen molar-refractivity contribution in [2.45, 2.75) is 6.92 Å². The first kappa shape index (κ1) is 8.35. The fraction of sp³-hybridized carbons (Fsp3) is 0.167. The summed E-state index contributed by atoms with van der Waals surface area (Å²) in [5, 5.41) is 21.5. The molecular formula is C6H7N7O. The topological polar surface area (TPSA) is 112 Å². The van der Waals surface area contributed by atoms with Crippen LogP contribution in [-0.2, 0) is 0 Å². The van der Waals surface area contributed by atoms with Crippen molar-refractivity contribution in [2.24, 2.45) is 0 Å². The molecule has 0 aliphatic carbocycles. The first-order valence-electron chi connectivity index (χ1n) is 3.82. The second-order valence-corrected chi connectivity index (χ2v) is 2.63. The van der Waals surface area contributed by atoms with Crippen LogP contribution in [0.25, 0.3) is 0 Å². The standard InChI is InChI=1S/C6H7N7O/c1-3-2-4(9-8-3)7-6(14)5-10-12-13-11-5/h2H,1H3,(H2,7,8,9,14)(H,10,11,12,13). The number of aromatic nitrogens is 6. The van der Waals surface area contributed by atoms with Crippen molar-refractivity contribution in [1.82, 2.24) is 30.8 Å². The molecule has 0 radical (unpaired) electrons. The maximum Gasteiger partial charge on any atom is 0.298 e. The van der Waals surface area contributed by atoms with E-state index in [-0.39, 0.29) is 5.82 Å². The predicted molar refractivity (Wildman–Crippen MR) is 45.5 cm³/mol. The molecule has 0 aliphatic heterocycles. The second kappa shape index (κ2) is 3.24. The van der Waals surface area contributed by atoms with Gasteiger partial charge in [0.25, 0.3) is 11.7 Å². The normalized spacial score (nSPS) is 10.1. The van der Waals surface area contributed by atoms with E-state index in [2.05, 4.69) is 36.1 Å². The molecule has 2 aromatic rings. The summed E-state index contributed by atoms with van der Waals surface area (Å²) in [6.07, 6.45) is 0. The van der Waals surface area contributed by atoms with Gasteiger partial charge in [-0.1, -0.05) is 0 Å². The molecule has 72 valence electrons. The molecule has 0 unspecified atom stereocenters. The number of carbonyl (C=O) groups excluding carboxylic acids is 1. The molecule has 0 aliphatic rings. The van der Waals surface area contributed by atoms with Crippen LogP contribution in [0.2, 0.25) is 0 Å². The van der Waals surface area contributed by atoms with Crippen LogP contribution < -0.4 is 5.32 Å². The van der Waals surface area contributed by atoms with Crippen molar-refractivity contribution in [1.29, 1.82) is 0 Å². The molecule has 0 saturated carbocycles. The van der Waals surface area contributed by atoms with Gasteiger partial charge in [-0.3, -0.25) is 9.89 Å². The van der Waals surface area contributed by atoms with Crippen molar-refractivity contribution in [3.63, 3.8) is 0 Å². The molecule has 8 nitrogen and oxygen atoms in total. The molecule has 2 rings (SSSR count). The van der Waals surface area contributed by atoms with Gasteiger partial charge in [0.2, 0.25) is 0 Å². The molecule has 1 amide bonds. The molecule has 0 fully saturated rings. The van der Waals surface area contributed by atoms with E-state index in [0.29, 0.717) is 5.82 Å². The average Bonchev–Trinajstić information content (AvgIpc) is 2.75. The zero-order valence-electron chi connectivity index (χ0n) is 7.27. The van der Waals surface area contributed by atoms with Gasteiger partial charge in [0, 0.05) is 11.8 Å². The SMILES string of the molecule is Cc1cc(NC(=O)c2nn[nH]n2)n[nH]1. The summed E-state index contributed by atoms with van der Waals surface area (Å²) in [5.74, 6) is -0.0480. The molecule has 8 heteroatoms. The lowest BCUT2D eigenvalue weighted by Crippen LogP contribution is -2.14. The van der Waals surface area contributed by atoms with Crippen LogP contribution in [0.3, 0.4) is 0 Å². The third-order valence-electron chi connectivity index (χ3n) is 1.50. The van der Waals surface area contributed by atoms with Gasteiger partial charge in [-0.25, -0.2) is 0 Å². The van der Waals surface area contributed by atoms with Crippen LogP contribution in [0.4, 0.5) is 5.82 Å². The Morgan fingerprint density at radius 1 is 1.50 bits per heavy atom. The Kier molecular flexibility index (Phi) is 1.94. The summed E-state index contributed by atoms with van der Waals surface area (Å²) >= 11 is 0. The van der Waals surface area contributed by atoms with Crippen molar-refractivity contribution >= 4 is 11.7 Å². The minimum Gasteiger partial charge on any atom is -0.302 e. The number of tetrazole rings is 1. The zero-order chi connectivity index (χ0) is 9.97. The summed E-state index contributed by atoms with van der Waals surface area (Å²) in [6, 6.07) is 1.69. The predicted octanol–water partition coefficient (Wildman–Crippen LogP) is -0.516. The van der Waals surface area contributed by atoms with E-state index in [1.165, 1.54) is 0 Å². The number of H-pyrrole nitrogens is 2. The molecule has 0 bridgehead atoms. The third-order valence-corrected chi connectivity index (χ3v) is 1.50. The highest BCUT2D eigenvalue weighted by Crippen LogP contribution is 2.04. The fourth-order valence-corrected chi connectivity index (χ4v) is 0.912. The van der Waals surface area contributed by atoms with Crippen molar-refractivity contribution in [3.8, 4) is 0 Å². The smallest absolute Gasteiger partial charge is 0.298 e. The Bertz CT molecular complexity index is 431. The number of anilines is 1. The minimum absolute atomic E-state index is 0.0225. The lowest BCUT2D eigenvalue weighted by molar-refractivity contribution is 0.101. The first-order chi connectivity index (χ1) is 6.75. The number of nitrogens with zero attached hydrogens (tertiary/aromatic N) is 4. The largest absolute Gasteiger partial charge is 0.302 e. The third kappa shape index (κ3) is 1.58. The first-order valence-corrected chi connectivity index (χ1v) is 3.82. The Labute approximate surface area is 78.1 Å². The zero-order valence-corrected chi connectivity index (χ0v) is 7.27. The van der Waals surface area contributed by atoms with E-state index in [1.807, 2.05) is 6.92 Å². The molecule has 2 aromatic heterocycles. The Morgan fingerprint density at radius 2 is 2.36 bits per heavy atom. The van der Waals surface area contributed by atoms with E-state index in [1.54, 1.807) is 6.07 Å². The Hall–Kier alpha value is -2.25. The van der Waals surface area contributed by atoms with Crippen LogP contribution >= 0.6 is 0 Å². The lowest BCUT2D eigenvalue weighted by Gasteiger charge is -1.94. The number of aromatic amines is 2. The van der Waals surface area contributed by atoms with E-state index >= 15 is 0 Å². The van der Waals surface area contributed by atoms with Gasteiger partial charge < -0.3 is 5.32 Å². The summed E-state index contributed by atoms with van der Waals surface area (Å²) in [7, 11) is 0. The van der Waals surface area contributed by atoms with Gasteiger partial charge >= 0.3 is 0 Å².